The van der Waals surface area contributed by atoms with Gasteiger partial charge in [0.05, 0.1) is 6.04 Å². The zero-order valence-electron chi connectivity index (χ0n) is 12.4. The van der Waals surface area contributed by atoms with Gasteiger partial charge in [-0.05, 0) is 36.6 Å². The van der Waals surface area contributed by atoms with Gasteiger partial charge in [0.25, 0.3) is 5.91 Å². The zero-order chi connectivity index (χ0) is 15.8. The molecule has 4 N–H and O–H groups in total. The minimum Gasteiger partial charge on any atom is -0.355 e. The van der Waals surface area contributed by atoms with Crippen LogP contribution in [-0.2, 0) is 4.79 Å². The second-order valence-corrected chi connectivity index (χ2v) is 5.18. The molecule has 1 rings (SSSR count). The number of hydrogen-bond acceptors (Lipinski definition) is 3. The number of nitrogens with one attached hydrogen (secondary N) is 2. The first-order chi connectivity index (χ1) is 9.91. The molecule has 1 atom stereocenters. The zero-order valence-corrected chi connectivity index (χ0v) is 12.4. The molecule has 1 aromatic carbocycles. The quantitative estimate of drug-likeness (QED) is 0.657. The second-order valence-electron chi connectivity index (χ2n) is 5.18. The average molecular weight is 295 g/mol. The van der Waals surface area contributed by atoms with Crippen molar-refractivity contribution in [3.05, 3.63) is 35.6 Å². The van der Waals surface area contributed by atoms with Gasteiger partial charge in [-0.15, -0.1) is 0 Å². The summed E-state index contributed by atoms with van der Waals surface area (Å²) in [5.41, 5.74) is 6.10. The van der Waals surface area contributed by atoms with E-state index in [4.69, 9.17) is 5.73 Å². The van der Waals surface area contributed by atoms with Gasteiger partial charge in [-0.3, -0.25) is 9.59 Å². The third kappa shape index (κ3) is 5.91. The van der Waals surface area contributed by atoms with Crippen LogP contribution < -0.4 is 16.4 Å². The van der Waals surface area contributed by atoms with Crippen LogP contribution in [0.25, 0.3) is 0 Å². The van der Waals surface area contributed by atoms with Crippen LogP contribution in [0, 0.1) is 11.7 Å². The lowest BCUT2D eigenvalue weighted by Crippen LogP contribution is -2.44. The Labute approximate surface area is 124 Å². The largest absolute Gasteiger partial charge is 0.355 e. The number of carbonyl (C=O) groups excluding carboxylic acids is 2. The van der Waals surface area contributed by atoms with Crippen molar-refractivity contribution < 1.29 is 14.0 Å². The van der Waals surface area contributed by atoms with E-state index in [1.165, 1.54) is 24.3 Å². The molecule has 0 aliphatic rings. The molecule has 0 saturated heterocycles. The van der Waals surface area contributed by atoms with Crippen LogP contribution in [0.4, 0.5) is 4.39 Å². The van der Waals surface area contributed by atoms with Crippen molar-refractivity contribution in [2.45, 2.75) is 26.3 Å². The van der Waals surface area contributed by atoms with E-state index in [1.807, 2.05) is 13.8 Å². The summed E-state index contributed by atoms with van der Waals surface area (Å²) in [6.45, 7) is 4.64. The minimum absolute atomic E-state index is 0.0863. The molecule has 0 aliphatic carbocycles. The molecule has 1 aromatic rings. The predicted molar refractivity (Wildman–Crippen MR) is 79.2 cm³/mol. The van der Waals surface area contributed by atoms with Crippen molar-refractivity contribution in [3.8, 4) is 0 Å². The van der Waals surface area contributed by atoms with Gasteiger partial charge < -0.3 is 16.4 Å². The van der Waals surface area contributed by atoms with Gasteiger partial charge in [0.2, 0.25) is 5.91 Å². The first kappa shape index (κ1) is 17.1. The Bertz CT molecular complexity index is 474. The Hall–Kier alpha value is -1.95. The van der Waals surface area contributed by atoms with Crippen LogP contribution in [0.15, 0.2) is 24.3 Å². The van der Waals surface area contributed by atoms with Gasteiger partial charge in [-0.1, -0.05) is 13.8 Å². The van der Waals surface area contributed by atoms with Crippen molar-refractivity contribution in [3.63, 3.8) is 0 Å². The van der Waals surface area contributed by atoms with Crippen molar-refractivity contribution >= 4 is 11.8 Å². The first-order valence-corrected chi connectivity index (χ1v) is 6.99. The van der Waals surface area contributed by atoms with Crippen molar-refractivity contribution in [1.82, 2.24) is 10.6 Å². The Morgan fingerprint density at radius 2 is 1.71 bits per heavy atom. The number of carbonyl (C=O) groups is 2. The van der Waals surface area contributed by atoms with E-state index >= 15 is 0 Å². The summed E-state index contributed by atoms with van der Waals surface area (Å²) in [6, 6.07) is 4.81. The topological polar surface area (TPSA) is 84.2 Å². The van der Waals surface area contributed by atoms with E-state index in [1.54, 1.807) is 0 Å². The highest BCUT2D eigenvalue weighted by Crippen LogP contribution is 2.02. The molecule has 116 valence electrons. The normalized spacial score (nSPS) is 12.0. The van der Waals surface area contributed by atoms with Crippen LogP contribution >= 0.6 is 0 Å². The highest BCUT2D eigenvalue weighted by atomic mass is 19.1. The highest BCUT2D eigenvalue weighted by molar-refractivity contribution is 5.94. The maximum absolute atomic E-state index is 12.7. The standard InChI is InChI=1S/C15H22FN3O2/c1-10(2)13(17)15(21)19-9-3-8-18-14(20)11-4-6-12(16)7-5-11/h4-7,10,13H,3,8-9,17H2,1-2H3,(H,18,20)(H,19,21)/t13-/m0/s1. The average Bonchev–Trinajstić information content (AvgIpc) is 2.46. The summed E-state index contributed by atoms with van der Waals surface area (Å²) in [5.74, 6) is -0.742. The fourth-order valence-corrected chi connectivity index (χ4v) is 1.63. The fourth-order valence-electron chi connectivity index (χ4n) is 1.63. The smallest absolute Gasteiger partial charge is 0.251 e. The van der Waals surface area contributed by atoms with Crippen LogP contribution in [0.2, 0.25) is 0 Å². The third-order valence-corrected chi connectivity index (χ3v) is 3.07. The predicted octanol–water partition coefficient (Wildman–Crippen LogP) is 1.05. The van der Waals surface area contributed by atoms with Crippen molar-refractivity contribution in [1.29, 1.82) is 0 Å². The van der Waals surface area contributed by atoms with Crippen LogP contribution in [-0.4, -0.2) is 30.9 Å². The van der Waals surface area contributed by atoms with Crippen LogP contribution in [0.5, 0.6) is 0 Å². The van der Waals surface area contributed by atoms with E-state index in [0.717, 1.165) is 0 Å². The van der Waals surface area contributed by atoms with E-state index in [9.17, 15) is 14.0 Å². The molecule has 0 fully saturated rings. The molecule has 0 aromatic heterocycles. The highest BCUT2D eigenvalue weighted by Gasteiger charge is 2.16. The van der Waals surface area contributed by atoms with Gasteiger partial charge in [0, 0.05) is 18.7 Å². The molecule has 2 amide bonds. The van der Waals surface area contributed by atoms with Crippen molar-refractivity contribution in [2.24, 2.45) is 11.7 Å². The second kappa shape index (κ2) is 8.36. The number of benzene rings is 1. The molecule has 0 saturated carbocycles. The van der Waals surface area contributed by atoms with E-state index in [-0.39, 0.29) is 23.5 Å². The first-order valence-electron chi connectivity index (χ1n) is 6.99. The van der Waals surface area contributed by atoms with Gasteiger partial charge >= 0.3 is 0 Å². The molecule has 5 nitrogen and oxygen atoms in total. The summed E-state index contributed by atoms with van der Waals surface area (Å²) in [4.78, 5) is 23.3. The molecule has 0 aliphatic heterocycles. The Balaban J connectivity index is 2.21. The summed E-state index contributed by atoms with van der Waals surface area (Å²) in [5, 5.41) is 5.42. The van der Waals surface area contributed by atoms with Crippen molar-refractivity contribution in [2.75, 3.05) is 13.1 Å². The molecule has 0 heterocycles. The molecule has 0 bridgehead atoms. The minimum atomic E-state index is -0.515. The monoisotopic (exact) mass is 295 g/mol. The van der Waals surface area contributed by atoms with E-state index in [0.29, 0.717) is 25.1 Å². The SMILES string of the molecule is CC(C)[C@H](N)C(=O)NCCCNC(=O)c1ccc(F)cc1. The summed E-state index contributed by atoms with van der Waals surface area (Å²) < 4.78 is 12.7. The number of halogens is 1. The summed E-state index contributed by atoms with van der Waals surface area (Å²) in [7, 11) is 0. The molecule has 6 heteroatoms. The number of rotatable bonds is 7. The van der Waals surface area contributed by atoms with Crippen LogP contribution in [0.3, 0.4) is 0 Å². The van der Waals surface area contributed by atoms with Gasteiger partial charge in [-0.2, -0.15) is 0 Å². The lowest BCUT2D eigenvalue weighted by molar-refractivity contribution is -0.123. The molecule has 0 unspecified atom stereocenters. The summed E-state index contributed by atoms with van der Waals surface area (Å²) >= 11 is 0. The maximum Gasteiger partial charge on any atom is 0.251 e. The molecular formula is C15H22FN3O2. The van der Waals surface area contributed by atoms with Gasteiger partial charge in [0.1, 0.15) is 5.82 Å². The lowest BCUT2D eigenvalue weighted by Gasteiger charge is -2.15. The van der Waals surface area contributed by atoms with E-state index < -0.39 is 6.04 Å². The van der Waals surface area contributed by atoms with E-state index in [2.05, 4.69) is 10.6 Å². The summed E-state index contributed by atoms with van der Waals surface area (Å²) in [6.07, 6.45) is 0.601. The number of amides is 2. The molecule has 0 spiro atoms. The maximum atomic E-state index is 12.7. The number of nitrogens with two attached hydrogens (primary N) is 1. The molecular weight excluding hydrogens is 273 g/mol. The fraction of sp³-hybridized carbons (Fsp3) is 0.467. The molecule has 21 heavy (non-hydrogen) atoms. The Morgan fingerprint density at radius 1 is 1.14 bits per heavy atom. The third-order valence-electron chi connectivity index (χ3n) is 3.07. The van der Waals surface area contributed by atoms with Crippen LogP contribution in [0.1, 0.15) is 30.6 Å². The Kier molecular flexibility index (Phi) is 6.81. The molecule has 0 radical (unpaired) electrons. The Morgan fingerprint density at radius 3 is 2.29 bits per heavy atom. The lowest BCUT2D eigenvalue weighted by atomic mass is 10.1. The van der Waals surface area contributed by atoms with Gasteiger partial charge in [-0.25, -0.2) is 4.39 Å². The van der Waals surface area contributed by atoms with Gasteiger partial charge in [0.15, 0.2) is 0 Å². The number of hydrogen-bond donors (Lipinski definition) is 3.